The van der Waals surface area contributed by atoms with Crippen molar-refractivity contribution in [1.82, 2.24) is 0 Å². The molecule has 0 aliphatic carbocycles. The van der Waals surface area contributed by atoms with Gasteiger partial charge in [-0.05, 0) is 0 Å². The van der Waals surface area contributed by atoms with Crippen molar-refractivity contribution in [2.75, 3.05) is 59.5 Å². The molecule has 1 fully saturated rings. The summed E-state index contributed by atoms with van der Waals surface area (Å²) < 4.78 is 23.6. The highest BCUT2D eigenvalue weighted by molar-refractivity contribution is 6.20. The van der Waals surface area contributed by atoms with E-state index < -0.39 is 11.7 Å². The highest BCUT2D eigenvalue weighted by Crippen LogP contribution is 2.08. The number of alkyl halides is 1. The van der Waals surface area contributed by atoms with Crippen molar-refractivity contribution in [1.29, 1.82) is 0 Å². The van der Waals surface area contributed by atoms with Crippen molar-refractivity contribution >= 4 is 17.8 Å². The molecule has 120 valence electrons. The summed E-state index contributed by atoms with van der Waals surface area (Å²) in [7, 11) is 0. The second-order valence-corrected chi connectivity index (χ2v) is 3.86. The third kappa shape index (κ3) is 13.8. The van der Waals surface area contributed by atoms with Gasteiger partial charge in [0.2, 0.25) is 5.56 Å². The van der Waals surface area contributed by atoms with Crippen LogP contribution in [0.15, 0.2) is 0 Å². The molecule has 0 aromatic carbocycles. The summed E-state index contributed by atoms with van der Waals surface area (Å²) in [5.41, 5.74) is -0.576. The topological polar surface area (TPSA) is 104 Å². The number of rotatable bonds is 10. The Morgan fingerprint density at radius 3 is 1.70 bits per heavy atom. The Morgan fingerprint density at radius 2 is 1.45 bits per heavy atom. The van der Waals surface area contributed by atoms with Gasteiger partial charge in [-0.3, -0.25) is 0 Å². The quantitative estimate of drug-likeness (QED) is 0.323. The summed E-state index contributed by atoms with van der Waals surface area (Å²) in [6, 6.07) is 0. The van der Waals surface area contributed by atoms with E-state index in [1.807, 2.05) is 0 Å². The van der Waals surface area contributed by atoms with Gasteiger partial charge in [-0.2, -0.15) is 0 Å². The first-order valence-corrected chi connectivity index (χ1v) is 6.56. The van der Waals surface area contributed by atoms with E-state index in [0.717, 1.165) is 0 Å². The number of aliphatic hydroxyl groups excluding tert-OH is 2. The Bertz CT molecular complexity index is 218. The van der Waals surface area contributed by atoms with Gasteiger partial charge in [0.05, 0.1) is 52.9 Å². The summed E-state index contributed by atoms with van der Waals surface area (Å²) in [4.78, 5) is 9.92. The van der Waals surface area contributed by atoms with E-state index >= 15 is 0 Å². The maximum atomic E-state index is 9.92. The number of carbonyl (C=O) groups is 1. The van der Waals surface area contributed by atoms with E-state index in [9.17, 15) is 4.79 Å². The van der Waals surface area contributed by atoms with E-state index in [2.05, 4.69) is 9.47 Å². The van der Waals surface area contributed by atoms with Gasteiger partial charge in [-0.25, -0.2) is 4.79 Å². The van der Waals surface area contributed by atoms with E-state index in [0.29, 0.717) is 39.6 Å². The van der Waals surface area contributed by atoms with E-state index in [4.69, 9.17) is 36.0 Å². The van der Waals surface area contributed by atoms with Crippen LogP contribution in [0.25, 0.3) is 0 Å². The van der Waals surface area contributed by atoms with Crippen molar-refractivity contribution < 1.29 is 38.7 Å². The fraction of sp³-hybridized carbons (Fsp3) is 0.909. The minimum absolute atomic E-state index is 0.0413. The smallest absolute Gasteiger partial charge is 0.429 e. The maximum absolute atomic E-state index is 9.92. The SMILES string of the molecule is O=C1OCC(Cl)O1.OCCOCCOCCOCCO. The van der Waals surface area contributed by atoms with Crippen molar-refractivity contribution in [3.63, 3.8) is 0 Å². The van der Waals surface area contributed by atoms with Crippen LogP contribution >= 0.6 is 11.6 Å². The minimum atomic E-state index is -0.681. The van der Waals surface area contributed by atoms with Crippen LogP contribution in [-0.2, 0) is 23.7 Å². The van der Waals surface area contributed by atoms with Gasteiger partial charge in [-0.15, -0.1) is 0 Å². The van der Waals surface area contributed by atoms with Crippen LogP contribution in [0.5, 0.6) is 0 Å². The number of ether oxygens (including phenoxy) is 5. The van der Waals surface area contributed by atoms with Crippen molar-refractivity contribution in [3.05, 3.63) is 0 Å². The number of hydrogen-bond donors (Lipinski definition) is 2. The molecule has 20 heavy (non-hydrogen) atoms. The summed E-state index contributed by atoms with van der Waals surface area (Å²) >= 11 is 5.24. The molecule has 1 saturated heterocycles. The van der Waals surface area contributed by atoms with Crippen molar-refractivity contribution in [2.24, 2.45) is 0 Å². The average molecular weight is 317 g/mol. The Labute approximate surface area is 122 Å². The van der Waals surface area contributed by atoms with Crippen molar-refractivity contribution in [3.8, 4) is 0 Å². The molecule has 0 amide bonds. The number of aliphatic hydroxyl groups is 2. The van der Waals surface area contributed by atoms with Gasteiger partial charge in [0, 0.05) is 0 Å². The molecule has 0 aromatic rings. The lowest BCUT2D eigenvalue weighted by atomic mass is 10.7. The van der Waals surface area contributed by atoms with Crippen LogP contribution in [-0.4, -0.2) is 81.4 Å². The van der Waals surface area contributed by atoms with Crippen LogP contribution in [0.4, 0.5) is 4.79 Å². The van der Waals surface area contributed by atoms with E-state index in [-0.39, 0.29) is 19.8 Å². The van der Waals surface area contributed by atoms with Gasteiger partial charge in [0.25, 0.3) is 0 Å². The molecule has 2 N–H and O–H groups in total. The van der Waals surface area contributed by atoms with E-state index in [1.165, 1.54) is 0 Å². The molecule has 0 radical (unpaired) electrons. The zero-order valence-electron chi connectivity index (χ0n) is 11.2. The van der Waals surface area contributed by atoms with Gasteiger partial charge in [0.15, 0.2) is 0 Å². The molecule has 1 aliphatic rings. The molecular weight excluding hydrogens is 296 g/mol. The molecule has 1 aliphatic heterocycles. The first-order valence-electron chi connectivity index (χ1n) is 6.13. The first-order chi connectivity index (χ1) is 9.70. The molecule has 1 heterocycles. The summed E-state index contributed by atoms with van der Waals surface area (Å²) in [5.74, 6) is 0. The molecule has 1 rings (SSSR count). The fourth-order valence-electron chi connectivity index (χ4n) is 0.977. The van der Waals surface area contributed by atoms with E-state index in [1.54, 1.807) is 0 Å². The molecule has 0 bridgehead atoms. The van der Waals surface area contributed by atoms with Crippen LogP contribution in [0.1, 0.15) is 0 Å². The highest BCUT2D eigenvalue weighted by atomic mass is 35.5. The third-order valence-electron chi connectivity index (χ3n) is 1.77. The molecule has 0 saturated carbocycles. The first kappa shape index (κ1) is 19.4. The number of hydrogen-bond acceptors (Lipinski definition) is 8. The molecule has 8 nitrogen and oxygen atoms in total. The maximum Gasteiger partial charge on any atom is 0.510 e. The summed E-state index contributed by atoms with van der Waals surface area (Å²) in [5, 5.41) is 16.7. The minimum Gasteiger partial charge on any atom is -0.429 e. The Kier molecular flexibility index (Phi) is 14.3. The largest absolute Gasteiger partial charge is 0.510 e. The van der Waals surface area contributed by atoms with Gasteiger partial charge < -0.3 is 33.9 Å². The fourth-order valence-corrected chi connectivity index (χ4v) is 1.11. The Morgan fingerprint density at radius 1 is 1.00 bits per heavy atom. The van der Waals surface area contributed by atoms with Crippen LogP contribution in [0, 0.1) is 0 Å². The lowest BCUT2D eigenvalue weighted by Gasteiger charge is -2.04. The zero-order valence-corrected chi connectivity index (χ0v) is 11.9. The van der Waals surface area contributed by atoms with Crippen molar-refractivity contribution in [2.45, 2.75) is 5.56 Å². The summed E-state index contributed by atoms with van der Waals surface area (Å²) in [6.45, 7) is 2.93. The standard InChI is InChI=1S/C8H18O5.C3H3ClO3/c9-1-3-11-5-7-13-8-6-12-4-2-10;4-2-1-6-3(5)7-2/h9-10H,1-8H2;2H,1H2. The van der Waals surface area contributed by atoms with Gasteiger partial charge >= 0.3 is 6.16 Å². The third-order valence-corrected chi connectivity index (χ3v) is 1.99. The molecule has 1 unspecified atom stereocenters. The van der Waals surface area contributed by atoms with Gasteiger partial charge in [0.1, 0.15) is 6.61 Å². The highest BCUT2D eigenvalue weighted by Gasteiger charge is 2.21. The Balaban J connectivity index is 0.000000428. The second-order valence-electron chi connectivity index (χ2n) is 3.37. The summed E-state index contributed by atoms with van der Waals surface area (Å²) in [6.07, 6.45) is -0.681. The van der Waals surface area contributed by atoms with Crippen LogP contribution in [0.3, 0.4) is 0 Å². The number of halogens is 1. The lowest BCUT2D eigenvalue weighted by molar-refractivity contribution is 0.00230. The normalized spacial score (nSPS) is 17.1. The van der Waals surface area contributed by atoms with Gasteiger partial charge in [-0.1, -0.05) is 11.6 Å². The molecule has 0 aromatic heterocycles. The molecular formula is C11H21ClO8. The van der Waals surface area contributed by atoms with Crippen LogP contribution in [0.2, 0.25) is 0 Å². The number of carbonyl (C=O) groups excluding carboxylic acids is 1. The number of cyclic esters (lactones) is 2. The molecule has 0 spiro atoms. The van der Waals surface area contributed by atoms with Crippen LogP contribution < -0.4 is 0 Å². The Hall–Kier alpha value is -0.640. The average Bonchev–Trinajstić information content (AvgIpc) is 2.81. The molecule has 9 heteroatoms. The zero-order chi connectivity index (χ0) is 15.1. The second kappa shape index (κ2) is 14.8. The predicted octanol–water partition coefficient (Wildman–Crippen LogP) is -0.261. The monoisotopic (exact) mass is 316 g/mol. The lowest BCUT2D eigenvalue weighted by Crippen LogP contribution is -2.11. The molecule has 1 atom stereocenters. The predicted molar refractivity (Wildman–Crippen MR) is 68.7 cm³/mol.